The SMILES string of the molecule is Fc1ccc(Sc2ccc3c(c2)CCC=[C]3)cc1. The van der Waals surface area contributed by atoms with Crippen molar-refractivity contribution in [2.75, 3.05) is 0 Å². The number of fused-ring (bicyclic) bond motifs is 1. The van der Waals surface area contributed by atoms with Crippen LogP contribution < -0.4 is 0 Å². The van der Waals surface area contributed by atoms with Gasteiger partial charge in [0.05, 0.1) is 0 Å². The summed E-state index contributed by atoms with van der Waals surface area (Å²) in [4.78, 5) is 2.26. The van der Waals surface area contributed by atoms with Gasteiger partial charge in [-0.25, -0.2) is 4.39 Å². The lowest BCUT2D eigenvalue weighted by Gasteiger charge is -2.11. The molecule has 0 saturated heterocycles. The van der Waals surface area contributed by atoms with Crippen molar-refractivity contribution in [3.63, 3.8) is 0 Å². The molecule has 1 aliphatic rings. The number of halogens is 1. The lowest BCUT2D eigenvalue weighted by Crippen LogP contribution is -1.94. The number of hydrogen-bond acceptors (Lipinski definition) is 1. The number of benzene rings is 2. The van der Waals surface area contributed by atoms with E-state index in [1.54, 1.807) is 11.8 Å². The molecule has 0 N–H and O–H groups in total. The predicted molar refractivity (Wildman–Crippen MR) is 72.2 cm³/mol. The van der Waals surface area contributed by atoms with E-state index in [-0.39, 0.29) is 5.82 Å². The lowest BCUT2D eigenvalue weighted by molar-refractivity contribution is 0.626. The summed E-state index contributed by atoms with van der Waals surface area (Å²) in [6.45, 7) is 0. The second kappa shape index (κ2) is 4.99. The summed E-state index contributed by atoms with van der Waals surface area (Å²) in [5, 5.41) is 0. The Balaban J connectivity index is 1.85. The van der Waals surface area contributed by atoms with Crippen LogP contribution in [0.4, 0.5) is 4.39 Å². The van der Waals surface area contributed by atoms with Crippen molar-refractivity contribution in [2.24, 2.45) is 0 Å². The highest BCUT2D eigenvalue weighted by Crippen LogP contribution is 2.30. The molecular weight excluding hydrogens is 243 g/mol. The third kappa shape index (κ3) is 2.49. The van der Waals surface area contributed by atoms with Gasteiger partial charge in [0.25, 0.3) is 0 Å². The van der Waals surface area contributed by atoms with E-state index in [2.05, 4.69) is 30.4 Å². The van der Waals surface area contributed by atoms with Gasteiger partial charge in [-0.3, -0.25) is 0 Å². The monoisotopic (exact) mass is 255 g/mol. The number of hydrogen-bond donors (Lipinski definition) is 0. The first-order chi connectivity index (χ1) is 8.81. The largest absolute Gasteiger partial charge is 0.207 e. The Morgan fingerprint density at radius 2 is 1.78 bits per heavy atom. The second-order valence-electron chi connectivity index (χ2n) is 4.26. The standard InChI is InChI=1S/C16H12FS/c17-14-6-9-15(10-7-14)18-16-8-5-12-3-1-2-4-13(12)11-16/h1,5-11H,2,4H2. The highest BCUT2D eigenvalue weighted by molar-refractivity contribution is 7.99. The van der Waals surface area contributed by atoms with Crippen LogP contribution in [0.15, 0.2) is 58.3 Å². The molecule has 89 valence electrons. The van der Waals surface area contributed by atoms with Gasteiger partial charge in [0, 0.05) is 9.79 Å². The van der Waals surface area contributed by atoms with Crippen LogP contribution in [0.2, 0.25) is 0 Å². The molecule has 0 fully saturated rings. The summed E-state index contributed by atoms with van der Waals surface area (Å²) in [5.41, 5.74) is 2.55. The average molecular weight is 255 g/mol. The maximum Gasteiger partial charge on any atom is 0.123 e. The fraction of sp³-hybridized carbons (Fsp3) is 0.125. The Morgan fingerprint density at radius 3 is 2.61 bits per heavy atom. The van der Waals surface area contributed by atoms with Gasteiger partial charge in [-0.2, -0.15) is 0 Å². The molecule has 0 unspecified atom stereocenters. The minimum atomic E-state index is -0.190. The molecule has 2 heteroatoms. The van der Waals surface area contributed by atoms with Gasteiger partial charge in [0.15, 0.2) is 0 Å². The van der Waals surface area contributed by atoms with E-state index in [1.165, 1.54) is 28.2 Å². The van der Waals surface area contributed by atoms with Gasteiger partial charge < -0.3 is 0 Å². The van der Waals surface area contributed by atoms with Crippen molar-refractivity contribution in [1.29, 1.82) is 0 Å². The molecule has 0 amide bonds. The molecule has 0 atom stereocenters. The number of rotatable bonds is 2. The van der Waals surface area contributed by atoms with E-state index in [0.29, 0.717) is 0 Å². The lowest BCUT2D eigenvalue weighted by atomic mass is 9.98. The van der Waals surface area contributed by atoms with E-state index in [1.807, 2.05) is 12.1 Å². The van der Waals surface area contributed by atoms with Gasteiger partial charge >= 0.3 is 0 Å². The van der Waals surface area contributed by atoms with Crippen LogP contribution in [0.25, 0.3) is 0 Å². The van der Waals surface area contributed by atoms with Gasteiger partial charge in [-0.1, -0.05) is 23.9 Å². The summed E-state index contributed by atoms with van der Waals surface area (Å²) < 4.78 is 12.8. The van der Waals surface area contributed by atoms with Crippen molar-refractivity contribution >= 4 is 11.8 Å². The van der Waals surface area contributed by atoms with Gasteiger partial charge in [0.1, 0.15) is 5.82 Å². The molecule has 0 bridgehead atoms. The Bertz CT molecular complexity index is 585. The van der Waals surface area contributed by atoms with E-state index in [0.717, 1.165) is 17.7 Å². The first-order valence-electron chi connectivity index (χ1n) is 5.96. The summed E-state index contributed by atoms with van der Waals surface area (Å²) in [7, 11) is 0. The zero-order valence-electron chi connectivity index (χ0n) is 9.82. The van der Waals surface area contributed by atoms with Crippen molar-refractivity contribution in [2.45, 2.75) is 22.6 Å². The molecule has 0 aromatic heterocycles. The zero-order valence-corrected chi connectivity index (χ0v) is 10.6. The van der Waals surface area contributed by atoms with E-state index in [4.69, 9.17) is 0 Å². The van der Waals surface area contributed by atoms with Crippen LogP contribution in [0.1, 0.15) is 17.5 Å². The fourth-order valence-electron chi connectivity index (χ4n) is 2.03. The number of aryl methyl sites for hydroxylation is 1. The molecule has 0 saturated carbocycles. The van der Waals surface area contributed by atoms with Crippen molar-refractivity contribution in [3.8, 4) is 0 Å². The van der Waals surface area contributed by atoms with Crippen molar-refractivity contribution < 1.29 is 4.39 Å². The molecule has 0 heterocycles. The minimum absolute atomic E-state index is 0.190. The van der Waals surface area contributed by atoms with Crippen molar-refractivity contribution in [1.82, 2.24) is 0 Å². The Labute approximate surface area is 111 Å². The Morgan fingerprint density at radius 1 is 1.00 bits per heavy atom. The molecule has 1 radical (unpaired) electrons. The maximum atomic E-state index is 12.8. The van der Waals surface area contributed by atoms with Crippen molar-refractivity contribution in [3.05, 3.63) is 71.6 Å². The zero-order chi connectivity index (χ0) is 12.4. The molecule has 1 aliphatic carbocycles. The Kier molecular flexibility index (Phi) is 3.20. The molecule has 2 aromatic carbocycles. The molecule has 18 heavy (non-hydrogen) atoms. The number of allylic oxidation sites excluding steroid dienone is 1. The first-order valence-corrected chi connectivity index (χ1v) is 6.77. The molecule has 3 rings (SSSR count). The van der Waals surface area contributed by atoms with E-state index in [9.17, 15) is 4.39 Å². The summed E-state index contributed by atoms with van der Waals surface area (Å²) in [5.74, 6) is -0.190. The topological polar surface area (TPSA) is 0 Å². The van der Waals surface area contributed by atoms with E-state index < -0.39 is 0 Å². The molecule has 2 aromatic rings. The highest BCUT2D eigenvalue weighted by Gasteiger charge is 2.06. The highest BCUT2D eigenvalue weighted by atomic mass is 32.2. The molecule has 0 aliphatic heterocycles. The van der Waals surface area contributed by atoms with Crippen LogP contribution >= 0.6 is 11.8 Å². The van der Waals surface area contributed by atoms with E-state index >= 15 is 0 Å². The average Bonchev–Trinajstić information content (AvgIpc) is 2.41. The van der Waals surface area contributed by atoms with Crippen LogP contribution in [-0.2, 0) is 6.42 Å². The van der Waals surface area contributed by atoms with Crippen LogP contribution in [0.3, 0.4) is 0 Å². The Hall–Kier alpha value is -1.54. The smallest absolute Gasteiger partial charge is 0.123 e. The normalized spacial score (nSPS) is 13.4. The fourth-order valence-corrected chi connectivity index (χ4v) is 2.91. The molecular formula is C16H12FS. The third-order valence-electron chi connectivity index (χ3n) is 2.94. The van der Waals surface area contributed by atoms with Gasteiger partial charge in [-0.15, -0.1) is 0 Å². The van der Waals surface area contributed by atoms with Crippen LogP contribution in [0, 0.1) is 11.9 Å². The minimum Gasteiger partial charge on any atom is -0.207 e. The molecule has 0 nitrogen and oxygen atoms in total. The first kappa shape index (κ1) is 11.5. The molecule has 0 spiro atoms. The quantitative estimate of drug-likeness (QED) is 0.754. The van der Waals surface area contributed by atoms with Crippen LogP contribution in [0.5, 0.6) is 0 Å². The summed E-state index contributed by atoms with van der Waals surface area (Å²) in [6.07, 6.45) is 7.52. The second-order valence-corrected chi connectivity index (χ2v) is 5.41. The van der Waals surface area contributed by atoms with Gasteiger partial charge in [-0.05, 0) is 66.4 Å². The maximum absolute atomic E-state index is 12.8. The van der Waals surface area contributed by atoms with Gasteiger partial charge in [0.2, 0.25) is 0 Å². The summed E-state index contributed by atoms with van der Waals surface area (Å²) >= 11 is 1.66. The third-order valence-corrected chi connectivity index (χ3v) is 3.94. The van der Waals surface area contributed by atoms with Crippen LogP contribution in [-0.4, -0.2) is 0 Å². The summed E-state index contributed by atoms with van der Waals surface area (Å²) in [6, 6.07) is 13.0. The predicted octanol–water partition coefficient (Wildman–Crippen LogP) is 4.63.